The Morgan fingerprint density at radius 3 is 2.39 bits per heavy atom. The number of rotatable bonds is 8. The molecule has 1 aliphatic rings. The second-order valence-electron chi connectivity index (χ2n) is 6.73. The van der Waals surface area contributed by atoms with Crippen molar-refractivity contribution in [1.82, 2.24) is 0 Å². The lowest BCUT2D eigenvalue weighted by atomic mass is 10.1. The Balaban J connectivity index is 1.55. The normalized spacial score (nSPS) is 15.5. The highest BCUT2D eigenvalue weighted by Gasteiger charge is 2.37. The fourth-order valence-corrected chi connectivity index (χ4v) is 3.44. The van der Waals surface area contributed by atoms with Crippen LogP contribution >= 0.6 is 11.6 Å². The van der Waals surface area contributed by atoms with E-state index >= 15 is 0 Å². The van der Waals surface area contributed by atoms with Gasteiger partial charge in [0.25, 0.3) is 0 Å². The zero-order valence-corrected chi connectivity index (χ0v) is 17.9. The molecule has 164 valence electrons. The molecule has 3 rings (SSSR count). The lowest BCUT2D eigenvalue weighted by Crippen LogP contribution is -2.27. The minimum absolute atomic E-state index is 0.00452. The molecule has 2 aromatic carbocycles. The largest absolute Gasteiger partial charge is 0.495 e. The summed E-state index contributed by atoms with van der Waals surface area (Å²) in [6.07, 6.45) is -0.00452. The molecule has 1 saturated heterocycles. The lowest BCUT2D eigenvalue weighted by molar-refractivity contribution is -0.149. The number of carbonyl (C=O) groups is 3. The molecule has 2 aromatic rings. The van der Waals surface area contributed by atoms with Crippen molar-refractivity contribution in [3.8, 4) is 11.5 Å². The molecule has 0 bridgehead atoms. The van der Waals surface area contributed by atoms with Crippen LogP contribution < -0.4 is 14.4 Å². The third kappa shape index (κ3) is 5.27. The van der Waals surface area contributed by atoms with Gasteiger partial charge in [-0.25, -0.2) is 4.79 Å². The van der Waals surface area contributed by atoms with Crippen molar-refractivity contribution in [1.29, 1.82) is 0 Å². The van der Waals surface area contributed by atoms with E-state index in [2.05, 4.69) is 0 Å². The minimum Gasteiger partial charge on any atom is -0.495 e. The first-order valence-corrected chi connectivity index (χ1v) is 9.93. The standard InChI is InChI=1S/C22H22ClNO7/c1-28-18-12-19(29-2)17(11-16(18)23)24-13-15(10-20(24)25)22(27)31-9-8-30-21(26)14-6-4-3-5-7-14/h3-7,11-12,15H,8-10,13H2,1-2H3. The van der Waals surface area contributed by atoms with Gasteiger partial charge in [0.15, 0.2) is 0 Å². The Hall–Kier alpha value is -3.26. The zero-order chi connectivity index (χ0) is 22.4. The van der Waals surface area contributed by atoms with Crippen LogP contribution in [0.3, 0.4) is 0 Å². The van der Waals surface area contributed by atoms with Gasteiger partial charge in [0.05, 0.1) is 36.4 Å². The fourth-order valence-electron chi connectivity index (χ4n) is 3.21. The molecule has 1 fully saturated rings. The Labute approximate surface area is 184 Å². The maximum absolute atomic E-state index is 12.5. The summed E-state index contributed by atoms with van der Waals surface area (Å²) >= 11 is 6.19. The number of halogens is 1. The van der Waals surface area contributed by atoms with Crippen LogP contribution in [-0.4, -0.2) is 51.8 Å². The molecule has 0 spiro atoms. The number of methoxy groups -OCH3 is 2. The van der Waals surface area contributed by atoms with Crippen LogP contribution in [0.2, 0.25) is 5.02 Å². The van der Waals surface area contributed by atoms with Crippen molar-refractivity contribution in [2.24, 2.45) is 5.92 Å². The average molecular weight is 448 g/mol. The quantitative estimate of drug-likeness (QED) is 0.453. The summed E-state index contributed by atoms with van der Waals surface area (Å²) in [5.74, 6) is -1.13. The van der Waals surface area contributed by atoms with Crippen molar-refractivity contribution in [2.45, 2.75) is 6.42 Å². The van der Waals surface area contributed by atoms with Gasteiger partial charge in [0.1, 0.15) is 24.7 Å². The number of nitrogens with zero attached hydrogens (tertiary/aromatic N) is 1. The summed E-state index contributed by atoms with van der Waals surface area (Å²) in [5, 5.41) is 0.317. The molecule has 1 unspecified atom stereocenters. The Bertz CT molecular complexity index is 964. The molecule has 1 atom stereocenters. The van der Waals surface area contributed by atoms with E-state index in [-0.39, 0.29) is 32.1 Å². The van der Waals surface area contributed by atoms with E-state index in [1.807, 2.05) is 0 Å². The van der Waals surface area contributed by atoms with Crippen molar-refractivity contribution in [3.05, 3.63) is 53.1 Å². The van der Waals surface area contributed by atoms with E-state index in [1.165, 1.54) is 19.1 Å². The minimum atomic E-state index is -0.650. The van der Waals surface area contributed by atoms with Gasteiger partial charge in [0, 0.05) is 19.0 Å². The number of carbonyl (C=O) groups excluding carboxylic acids is 3. The van der Waals surface area contributed by atoms with Crippen LogP contribution in [0.4, 0.5) is 5.69 Å². The highest BCUT2D eigenvalue weighted by Crippen LogP contribution is 2.40. The molecule has 0 radical (unpaired) electrons. The van der Waals surface area contributed by atoms with Gasteiger partial charge < -0.3 is 23.8 Å². The summed E-state index contributed by atoms with van der Waals surface area (Å²) in [4.78, 5) is 38.2. The van der Waals surface area contributed by atoms with Crippen LogP contribution in [0.15, 0.2) is 42.5 Å². The number of hydrogen-bond acceptors (Lipinski definition) is 7. The van der Waals surface area contributed by atoms with Crippen molar-refractivity contribution < 1.29 is 33.3 Å². The van der Waals surface area contributed by atoms with Crippen molar-refractivity contribution in [2.75, 3.05) is 38.9 Å². The Morgan fingerprint density at radius 1 is 1.03 bits per heavy atom. The summed E-state index contributed by atoms with van der Waals surface area (Å²) in [7, 11) is 2.94. The molecular weight excluding hydrogens is 426 g/mol. The third-order valence-electron chi connectivity index (χ3n) is 4.77. The van der Waals surface area contributed by atoms with E-state index in [0.717, 1.165) is 0 Å². The number of ether oxygens (including phenoxy) is 4. The van der Waals surface area contributed by atoms with Gasteiger partial charge in [-0.2, -0.15) is 0 Å². The van der Waals surface area contributed by atoms with Crippen molar-refractivity contribution in [3.63, 3.8) is 0 Å². The van der Waals surface area contributed by atoms with E-state index in [9.17, 15) is 14.4 Å². The Morgan fingerprint density at radius 2 is 1.71 bits per heavy atom. The summed E-state index contributed by atoms with van der Waals surface area (Å²) < 4.78 is 20.8. The van der Waals surface area contributed by atoms with Crippen LogP contribution in [0.5, 0.6) is 11.5 Å². The molecular formula is C22H22ClNO7. The smallest absolute Gasteiger partial charge is 0.338 e. The molecule has 1 amide bonds. The van der Waals surface area contributed by atoms with Gasteiger partial charge >= 0.3 is 11.9 Å². The maximum Gasteiger partial charge on any atom is 0.338 e. The van der Waals surface area contributed by atoms with Gasteiger partial charge in [-0.1, -0.05) is 29.8 Å². The first-order chi connectivity index (χ1) is 14.9. The molecule has 0 saturated carbocycles. The predicted molar refractivity (Wildman–Crippen MR) is 113 cm³/mol. The van der Waals surface area contributed by atoms with Crippen LogP contribution in [0.25, 0.3) is 0 Å². The Kier molecular flexibility index (Phi) is 7.36. The SMILES string of the molecule is COc1cc(OC)c(N2CC(C(=O)OCCOC(=O)c3ccccc3)CC2=O)cc1Cl. The second-order valence-corrected chi connectivity index (χ2v) is 7.14. The summed E-state index contributed by atoms with van der Waals surface area (Å²) in [6, 6.07) is 11.7. The van der Waals surface area contributed by atoms with E-state index < -0.39 is 17.9 Å². The van der Waals surface area contributed by atoms with E-state index in [0.29, 0.717) is 27.8 Å². The van der Waals surface area contributed by atoms with Gasteiger partial charge in [-0.05, 0) is 18.2 Å². The monoisotopic (exact) mass is 447 g/mol. The van der Waals surface area contributed by atoms with Gasteiger partial charge in [-0.15, -0.1) is 0 Å². The molecule has 9 heteroatoms. The van der Waals surface area contributed by atoms with Crippen molar-refractivity contribution >= 4 is 35.1 Å². The lowest BCUT2D eigenvalue weighted by Gasteiger charge is -2.20. The third-order valence-corrected chi connectivity index (χ3v) is 5.07. The second kappa shape index (κ2) is 10.2. The fraction of sp³-hybridized carbons (Fsp3) is 0.318. The molecule has 8 nitrogen and oxygen atoms in total. The first kappa shape index (κ1) is 22.4. The number of esters is 2. The molecule has 0 aromatic heterocycles. The van der Waals surface area contributed by atoms with Gasteiger partial charge in [-0.3, -0.25) is 9.59 Å². The topological polar surface area (TPSA) is 91.4 Å². The van der Waals surface area contributed by atoms with E-state index in [1.54, 1.807) is 42.5 Å². The number of benzene rings is 2. The predicted octanol–water partition coefficient (Wildman–Crippen LogP) is 3.11. The first-order valence-electron chi connectivity index (χ1n) is 9.55. The average Bonchev–Trinajstić information content (AvgIpc) is 3.18. The number of amides is 1. The molecule has 1 aliphatic heterocycles. The van der Waals surface area contributed by atoms with Crippen LogP contribution in [0, 0.1) is 5.92 Å². The molecule has 31 heavy (non-hydrogen) atoms. The molecule has 0 N–H and O–H groups in total. The zero-order valence-electron chi connectivity index (χ0n) is 17.1. The highest BCUT2D eigenvalue weighted by molar-refractivity contribution is 6.32. The summed E-state index contributed by atoms with van der Waals surface area (Å²) in [5.41, 5.74) is 0.864. The summed E-state index contributed by atoms with van der Waals surface area (Å²) in [6.45, 7) is -0.0496. The number of anilines is 1. The molecule has 1 heterocycles. The van der Waals surface area contributed by atoms with Crippen LogP contribution in [-0.2, 0) is 19.1 Å². The van der Waals surface area contributed by atoms with E-state index in [4.69, 9.17) is 30.5 Å². The van der Waals surface area contributed by atoms with Gasteiger partial charge in [0.2, 0.25) is 5.91 Å². The molecule has 0 aliphatic carbocycles. The van der Waals surface area contributed by atoms with Crippen LogP contribution in [0.1, 0.15) is 16.8 Å². The number of hydrogen-bond donors (Lipinski definition) is 0. The maximum atomic E-state index is 12.5. The highest BCUT2D eigenvalue weighted by atomic mass is 35.5.